The van der Waals surface area contributed by atoms with Gasteiger partial charge in [-0.25, -0.2) is 0 Å². The molecule has 0 aliphatic heterocycles. The molecule has 0 aromatic heterocycles. The first-order valence-corrected chi connectivity index (χ1v) is 6.39. The fourth-order valence-corrected chi connectivity index (χ4v) is 1.61. The van der Waals surface area contributed by atoms with Crippen LogP contribution in [0.3, 0.4) is 0 Å². The Morgan fingerprint density at radius 3 is 2.50 bits per heavy atom. The maximum atomic E-state index is 8.53. The smallest absolute Gasteiger partial charge is 0.0697 e. The molecule has 0 aliphatic rings. The Hall–Kier alpha value is -1.10. The van der Waals surface area contributed by atoms with Gasteiger partial charge in [0.2, 0.25) is 0 Å². The number of anilines is 1. The Bertz CT molecular complexity index is 312. The van der Waals surface area contributed by atoms with Crippen molar-refractivity contribution in [1.82, 2.24) is 5.32 Å². The first kappa shape index (κ1) is 15.0. The lowest BCUT2D eigenvalue weighted by atomic mass is 10.2. The van der Waals surface area contributed by atoms with Gasteiger partial charge in [-0.05, 0) is 30.7 Å². The topological polar surface area (TPSA) is 44.7 Å². The molecular formula is C14H24N2O2. The number of hydrogen-bond donors (Lipinski definition) is 2. The molecule has 0 saturated carbocycles. The minimum absolute atomic E-state index is 0.103. The molecule has 0 aliphatic carbocycles. The van der Waals surface area contributed by atoms with Crippen LogP contribution >= 0.6 is 0 Å². The third-order valence-corrected chi connectivity index (χ3v) is 2.66. The number of hydrogen-bond acceptors (Lipinski definition) is 4. The highest BCUT2D eigenvalue weighted by Crippen LogP contribution is 2.11. The van der Waals surface area contributed by atoms with Gasteiger partial charge in [-0.15, -0.1) is 0 Å². The zero-order chi connectivity index (χ0) is 13.2. The molecule has 18 heavy (non-hydrogen) atoms. The molecule has 0 spiro atoms. The summed E-state index contributed by atoms with van der Waals surface area (Å²) in [5, 5.41) is 11.9. The predicted octanol–water partition coefficient (Wildman–Crippen LogP) is 1.24. The Morgan fingerprint density at radius 1 is 1.17 bits per heavy atom. The summed E-state index contributed by atoms with van der Waals surface area (Å²) in [5.74, 6) is 0. The molecule has 102 valence electrons. The number of ether oxygens (including phenoxy) is 1. The van der Waals surface area contributed by atoms with Crippen molar-refractivity contribution in [2.24, 2.45) is 0 Å². The fraction of sp³-hybridized carbons (Fsp3) is 0.571. The lowest BCUT2D eigenvalue weighted by molar-refractivity contribution is 0.0907. The largest absolute Gasteiger partial charge is 0.394 e. The maximum Gasteiger partial charge on any atom is 0.0697 e. The summed E-state index contributed by atoms with van der Waals surface area (Å²) in [5.41, 5.74) is 2.51. The van der Waals surface area contributed by atoms with Crippen LogP contribution in [-0.2, 0) is 11.3 Å². The van der Waals surface area contributed by atoms with Crippen LogP contribution in [-0.4, -0.2) is 45.6 Å². The van der Waals surface area contributed by atoms with Crippen molar-refractivity contribution in [1.29, 1.82) is 0 Å². The second-order valence-electron chi connectivity index (χ2n) is 4.43. The van der Waals surface area contributed by atoms with E-state index < -0.39 is 0 Å². The molecule has 4 heteroatoms. The van der Waals surface area contributed by atoms with Gasteiger partial charge >= 0.3 is 0 Å². The van der Waals surface area contributed by atoms with Crippen molar-refractivity contribution < 1.29 is 9.84 Å². The molecule has 0 atom stereocenters. The highest BCUT2D eigenvalue weighted by molar-refractivity contribution is 5.45. The fourth-order valence-electron chi connectivity index (χ4n) is 1.61. The minimum atomic E-state index is 0.103. The lowest BCUT2D eigenvalue weighted by Crippen LogP contribution is -2.17. The van der Waals surface area contributed by atoms with Gasteiger partial charge in [-0.1, -0.05) is 12.1 Å². The third-order valence-electron chi connectivity index (χ3n) is 2.66. The van der Waals surface area contributed by atoms with E-state index in [-0.39, 0.29) is 6.61 Å². The average molecular weight is 252 g/mol. The van der Waals surface area contributed by atoms with E-state index in [1.807, 2.05) is 14.1 Å². The van der Waals surface area contributed by atoms with E-state index in [2.05, 4.69) is 34.5 Å². The van der Waals surface area contributed by atoms with E-state index in [0.29, 0.717) is 13.2 Å². The van der Waals surface area contributed by atoms with Crippen LogP contribution in [0.1, 0.15) is 12.0 Å². The monoisotopic (exact) mass is 252 g/mol. The van der Waals surface area contributed by atoms with Gasteiger partial charge in [0.05, 0.1) is 13.2 Å². The molecule has 0 radical (unpaired) electrons. The number of aliphatic hydroxyl groups excluding tert-OH is 1. The number of aliphatic hydroxyl groups is 1. The molecule has 4 nitrogen and oxygen atoms in total. The van der Waals surface area contributed by atoms with E-state index in [9.17, 15) is 0 Å². The SMILES string of the molecule is CN(C)c1ccc(CNCCCOCCO)cc1. The van der Waals surface area contributed by atoms with Gasteiger partial charge < -0.3 is 20.1 Å². The Balaban J connectivity index is 2.12. The van der Waals surface area contributed by atoms with Crippen molar-refractivity contribution in [2.75, 3.05) is 45.4 Å². The van der Waals surface area contributed by atoms with Gasteiger partial charge in [0.25, 0.3) is 0 Å². The van der Waals surface area contributed by atoms with Gasteiger partial charge in [0, 0.05) is 32.9 Å². The standard InChI is InChI=1S/C14H24N2O2/c1-16(2)14-6-4-13(5-7-14)12-15-8-3-10-18-11-9-17/h4-7,15,17H,3,8-12H2,1-2H3. The summed E-state index contributed by atoms with van der Waals surface area (Å²) in [6, 6.07) is 8.54. The highest BCUT2D eigenvalue weighted by atomic mass is 16.5. The summed E-state index contributed by atoms with van der Waals surface area (Å²) in [7, 11) is 4.08. The van der Waals surface area contributed by atoms with Crippen molar-refractivity contribution >= 4 is 5.69 Å². The third kappa shape index (κ3) is 6.00. The summed E-state index contributed by atoms with van der Waals surface area (Å²) >= 11 is 0. The number of benzene rings is 1. The molecule has 1 aromatic rings. The zero-order valence-corrected chi connectivity index (χ0v) is 11.4. The number of rotatable bonds is 9. The molecule has 0 bridgehead atoms. The van der Waals surface area contributed by atoms with E-state index in [0.717, 1.165) is 19.5 Å². The van der Waals surface area contributed by atoms with E-state index >= 15 is 0 Å². The van der Waals surface area contributed by atoms with Gasteiger partial charge in [0.1, 0.15) is 0 Å². The van der Waals surface area contributed by atoms with Crippen LogP contribution in [0.15, 0.2) is 24.3 Å². The molecular weight excluding hydrogens is 228 g/mol. The molecule has 2 N–H and O–H groups in total. The van der Waals surface area contributed by atoms with Gasteiger partial charge in [0.15, 0.2) is 0 Å². The Kier molecular flexibility index (Phi) is 7.41. The summed E-state index contributed by atoms with van der Waals surface area (Å²) in [4.78, 5) is 2.09. The predicted molar refractivity (Wildman–Crippen MR) is 75.0 cm³/mol. The van der Waals surface area contributed by atoms with E-state index in [1.54, 1.807) is 0 Å². The summed E-state index contributed by atoms with van der Waals surface area (Å²) < 4.78 is 5.18. The van der Waals surface area contributed by atoms with Crippen LogP contribution in [0.4, 0.5) is 5.69 Å². The molecule has 1 aromatic carbocycles. The molecule has 0 unspecified atom stereocenters. The van der Waals surface area contributed by atoms with Crippen LogP contribution in [0.2, 0.25) is 0 Å². The van der Waals surface area contributed by atoms with Crippen molar-refractivity contribution in [2.45, 2.75) is 13.0 Å². The Labute approximate surface area is 110 Å². The molecule has 0 heterocycles. The second-order valence-corrected chi connectivity index (χ2v) is 4.43. The van der Waals surface area contributed by atoms with Gasteiger partial charge in [-0.2, -0.15) is 0 Å². The van der Waals surface area contributed by atoms with Gasteiger partial charge in [-0.3, -0.25) is 0 Å². The van der Waals surface area contributed by atoms with Crippen LogP contribution in [0.5, 0.6) is 0 Å². The number of nitrogens with one attached hydrogen (secondary N) is 1. The first-order valence-electron chi connectivity index (χ1n) is 6.39. The van der Waals surface area contributed by atoms with Crippen LogP contribution in [0, 0.1) is 0 Å². The van der Waals surface area contributed by atoms with E-state index in [4.69, 9.17) is 9.84 Å². The normalized spacial score (nSPS) is 10.6. The van der Waals surface area contributed by atoms with Crippen molar-refractivity contribution in [3.05, 3.63) is 29.8 Å². The summed E-state index contributed by atoms with van der Waals surface area (Å²) in [6.45, 7) is 3.05. The van der Waals surface area contributed by atoms with Crippen molar-refractivity contribution in [3.63, 3.8) is 0 Å². The molecule has 0 amide bonds. The average Bonchev–Trinajstić information content (AvgIpc) is 2.38. The highest BCUT2D eigenvalue weighted by Gasteiger charge is 1.96. The minimum Gasteiger partial charge on any atom is -0.394 e. The molecule has 1 rings (SSSR count). The quantitative estimate of drug-likeness (QED) is 0.649. The van der Waals surface area contributed by atoms with Crippen LogP contribution in [0.25, 0.3) is 0 Å². The van der Waals surface area contributed by atoms with Crippen LogP contribution < -0.4 is 10.2 Å². The summed E-state index contributed by atoms with van der Waals surface area (Å²) in [6.07, 6.45) is 0.968. The second kappa shape index (κ2) is 8.91. The lowest BCUT2D eigenvalue weighted by Gasteiger charge is -2.12. The first-order chi connectivity index (χ1) is 8.74. The zero-order valence-electron chi connectivity index (χ0n) is 11.4. The maximum absolute atomic E-state index is 8.53. The van der Waals surface area contributed by atoms with E-state index in [1.165, 1.54) is 11.3 Å². The number of nitrogens with zero attached hydrogens (tertiary/aromatic N) is 1. The Morgan fingerprint density at radius 2 is 1.89 bits per heavy atom. The molecule has 0 saturated heterocycles. The molecule has 0 fully saturated rings. The van der Waals surface area contributed by atoms with Crippen molar-refractivity contribution in [3.8, 4) is 0 Å².